The average molecular weight is 401 g/mol. The van der Waals surface area contributed by atoms with E-state index in [1.807, 2.05) is 42.7 Å². The number of ether oxygens (including phenoxy) is 1. The van der Waals surface area contributed by atoms with Crippen molar-refractivity contribution >= 4 is 23.5 Å². The maximum absolute atomic E-state index is 12.4. The molecule has 0 saturated carbocycles. The second-order valence-corrected chi connectivity index (χ2v) is 6.87. The van der Waals surface area contributed by atoms with Gasteiger partial charge < -0.3 is 19.0 Å². The van der Waals surface area contributed by atoms with Crippen molar-refractivity contribution in [2.24, 2.45) is 0 Å². The third kappa shape index (κ3) is 4.84. The zero-order valence-electron chi connectivity index (χ0n) is 15.7. The smallest absolute Gasteiger partial charge is 0.340 e. The van der Waals surface area contributed by atoms with Crippen molar-refractivity contribution in [2.45, 2.75) is 26.9 Å². The summed E-state index contributed by atoms with van der Waals surface area (Å²) in [5.41, 5.74) is 3.02. The van der Waals surface area contributed by atoms with E-state index in [2.05, 4.69) is 5.32 Å². The summed E-state index contributed by atoms with van der Waals surface area (Å²) in [5.74, 6) is -0.101. The monoisotopic (exact) mass is 400 g/mol. The Bertz CT molecular complexity index is 959. The lowest BCUT2D eigenvalue weighted by Crippen LogP contribution is -2.28. The van der Waals surface area contributed by atoms with Gasteiger partial charge in [-0.3, -0.25) is 4.79 Å². The number of halogens is 1. The fourth-order valence-corrected chi connectivity index (χ4v) is 3.00. The van der Waals surface area contributed by atoms with E-state index in [0.717, 1.165) is 22.7 Å². The molecule has 6 nitrogen and oxygen atoms in total. The van der Waals surface area contributed by atoms with Crippen molar-refractivity contribution in [3.8, 4) is 0 Å². The van der Waals surface area contributed by atoms with Gasteiger partial charge in [-0.15, -0.1) is 0 Å². The Hall–Kier alpha value is -2.99. The average Bonchev–Trinajstić information content (AvgIpc) is 3.29. The van der Waals surface area contributed by atoms with Crippen molar-refractivity contribution in [1.29, 1.82) is 0 Å². The van der Waals surface area contributed by atoms with E-state index in [9.17, 15) is 9.59 Å². The van der Waals surface area contributed by atoms with Crippen LogP contribution in [0, 0.1) is 13.8 Å². The minimum absolute atomic E-state index is 0.339. The molecule has 0 radical (unpaired) electrons. The molecular formula is C21H21ClN2O4. The van der Waals surface area contributed by atoms with Gasteiger partial charge in [-0.2, -0.15) is 0 Å². The van der Waals surface area contributed by atoms with E-state index < -0.39 is 5.97 Å². The number of hydrogen-bond donors (Lipinski definition) is 1. The fourth-order valence-electron chi connectivity index (χ4n) is 2.87. The molecule has 0 unspecified atom stereocenters. The topological polar surface area (TPSA) is 73.5 Å². The number of hydrogen-bond acceptors (Lipinski definition) is 4. The van der Waals surface area contributed by atoms with Crippen LogP contribution in [0.25, 0.3) is 0 Å². The highest BCUT2D eigenvalue weighted by atomic mass is 35.5. The maximum atomic E-state index is 12.4. The summed E-state index contributed by atoms with van der Waals surface area (Å²) in [6.45, 7) is 4.28. The molecule has 0 aliphatic rings. The number of benzene rings is 1. The van der Waals surface area contributed by atoms with Crippen molar-refractivity contribution in [3.63, 3.8) is 0 Å². The molecule has 0 fully saturated rings. The van der Waals surface area contributed by atoms with Crippen LogP contribution in [0.2, 0.25) is 5.02 Å². The Morgan fingerprint density at radius 3 is 2.61 bits per heavy atom. The van der Waals surface area contributed by atoms with E-state index in [4.69, 9.17) is 20.8 Å². The molecule has 3 aromatic rings. The minimum Gasteiger partial charge on any atom is -0.467 e. The lowest BCUT2D eigenvalue weighted by molar-refractivity contribution is -0.124. The molecule has 28 heavy (non-hydrogen) atoms. The molecule has 2 heterocycles. The van der Waals surface area contributed by atoms with Crippen LogP contribution < -0.4 is 5.32 Å². The first kappa shape index (κ1) is 19.8. The number of nitrogens with one attached hydrogen (secondary N) is 1. The summed E-state index contributed by atoms with van der Waals surface area (Å²) >= 11 is 5.83. The summed E-state index contributed by atoms with van der Waals surface area (Å²) < 4.78 is 12.5. The molecule has 0 aliphatic carbocycles. The molecule has 0 saturated heterocycles. The number of aryl methyl sites for hydroxylation is 1. The van der Waals surface area contributed by atoms with Gasteiger partial charge in [0.1, 0.15) is 5.76 Å². The standard InChI is InChI=1S/C21H21ClN2O4/c1-14-10-19(15(2)24(14)12-18-4-3-9-27-18)21(26)28-13-20(25)23-11-16-5-7-17(22)8-6-16/h3-10H,11-13H2,1-2H3,(H,23,25). The number of carbonyl (C=O) groups excluding carboxylic acids is 2. The van der Waals surface area contributed by atoms with Crippen LogP contribution in [-0.4, -0.2) is 23.1 Å². The normalized spacial score (nSPS) is 10.7. The molecule has 0 bridgehead atoms. The van der Waals surface area contributed by atoms with Crippen molar-refractivity contribution in [2.75, 3.05) is 6.61 Å². The van der Waals surface area contributed by atoms with Crippen LogP contribution in [-0.2, 0) is 22.6 Å². The zero-order valence-corrected chi connectivity index (χ0v) is 16.5. The molecule has 3 rings (SSSR count). The van der Waals surface area contributed by atoms with Gasteiger partial charge in [0, 0.05) is 23.0 Å². The molecule has 0 aliphatic heterocycles. The first-order valence-corrected chi connectivity index (χ1v) is 9.19. The predicted molar refractivity (Wildman–Crippen MR) is 105 cm³/mol. The molecule has 7 heteroatoms. The van der Waals surface area contributed by atoms with Crippen LogP contribution in [0.5, 0.6) is 0 Å². The van der Waals surface area contributed by atoms with Gasteiger partial charge in [-0.05, 0) is 49.7 Å². The van der Waals surface area contributed by atoms with Gasteiger partial charge in [0.2, 0.25) is 0 Å². The summed E-state index contributed by atoms with van der Waals surface area (Å²) in [6, 6.07) is 12.6. The Kier molecular flexibility index (Phi) is 6.21. The van der Waals surface area contributed by atoms with E-state index in [0.29, 0.717) is 23.7 Å². The third-order valence-electron chi connectivity index (χ3n) is 4.42. The summed E-state index contributed by atoms with van der Waals surface area (Å²) in [4.78, 5) is 24.4. The molecule has 1 aromatic carbocycles. The molecule has 1 N–H and O–H groups in total. The second kappa shape index (κ2) is 8.80. The van der Waals surface area contributed by atoms with Crippen LogP contribution in [0.3, 0.4) is 0 Å². The summed E-state index contributed by atoms with van der Waals surface area (Å²) in [6.07, 6.45) is 1.61. The largest absolute Gasteiger partial charge is 0.467 e. The van der Waals surface area contributed by atoms with E-state index in [1.54, 1.807) is 24.5 Å². The van der Waals surface area contributed by atoms with Crippen molar-refractivity contribution in [1.82, 2.24) is 9.88 Å². The Morgan fingerprint density at radius 2 is 1.93 bits per heavy atom. The minimum atomic E-state index is -0.527. The highest BCUT2D eigenvalue weighted by molar-refractivity contribution is 6.30. The number of aromatic nitrogens is 1. The lowest BCUT2D eigenvalue weighted by Gasteiger charge is -2.09. The molecular weight excluding hydrogens is 380 g/mol. The first-order chi connectivity index (χ1) is 13.4. The second-order valence-electron chi connectivity index (χ2n) is 6.43. The number of nitrogens with zero attached hydrogens (tertiary/aromatic N) is 1. The van der Waals surface area contributed by atoms with E-state index in [-0.39, 0.29) is 12.5 Å². The zero-order chi connectivity index (χ0) is 20.1. The Morgan fingerprint density at radius 1 is 1.18 bits per heavy atom. The van der Waals surface area contributed by atoms with Crippen molar-refractivity contribution in [3.05, 3.63) is 82.0 Å². The van der Waals surface area contributed by atoms with Crippen LogP contribution >= 0.6 is 11.6 Å². The third-order valence-corrected chi connectivity index (χ3v) is 4.68. The van der Waals surface area contributed by atoms with Gasteiger partial charge >= 0.3 is 5.97 Å². The fraction of sp³-hybridized carbons (Fsp3) is 0.238. The molecule has 1 amide bonds. The Balaban J connectivity index is 1.54. The Labute approximate surface area is 168 Å². The first-order valence-electron chi connectivity index (χ1n) is 8.81. The molecule has 0 spiro atoms. The highest BCUT2D eigenvalue weighted by Crippen LogP contribution is 2.18. The van der Waals surface area contributed by atoms with Gasteiger partial charge in [-0.1, -0.05) is 23.7 Å². The van der Waals surface area contributed by atoms with Crippen LogP contribution in [0.4, 0.5) is 0 Å². The van der Waals surface area contributed by atoms with Gasteiger partial charge in [0.15, 0.2) is 6.61 Å². The number of carbonyl (C=O) groups is 2. The van der Waals surface area contributed by atoms with Gasteiger partial charge in [0.05, 0.1) is 18.4 Å². The highest BCUT2D eigenvalue weighted by Gasteiger charge is 2.18. The van der Waals surface area contributed by atoms with Gasteiger partial charge in [0.25, 0.3) is 5.91 Å². The number of furan rings is 1. The van der Waals surface area contributed by atoms with E-state index >= 15 is 0 Å². The van der Waals surface area contributed by atoms with Crippen LogP contribution in [0.1, 0.15) is 33.1 Å². The molecule has 2 aromatic heterocycles. The predicted octanol–water partition coefficient (Wildman–Crippen LogP) is 3.87. The van der Waals surface area contributed by atoms with Crippen LogP contribution in [0.15, 0.2) is 53.1 Å². The summed E-state index contributed by atoms with van der Waals surface area (Å²) in [7, 11) is 0. The quantitative estimate of drug-likeness (QED) is 0.611. The van der Waals surface area contributed by atoms with E-state index in [1.165, 1.54) is 0 Å². The number of esters is 1. The number of amides is 1. The SMILES string of the molecule is Cc1cc(C(=O)OCC(=O)NCc2ccc(Cl)cc2)c(C)n1Cc1ccco1. The lowest BCUT2D eigenvalue weighted by atomic mass is 10.2. The summed E-state index contributed by atoms with van der Waals surface area (Å²) in [5, 5.41) is 3.34. The van der Waals surface area contributed by atoms with Gasteiger partial charge in [-0.25, -0.2) is 4.79 Å². The number of rotatable bonds is 7. The molecule has 0 atom stereocenters. The van der Waals surface area contributed by atoms with Crippen molar-refractivity contribution < 1.29 is 18.7 Å². The molecule has 146 valence electrons. The maximum Gasteiger partial charge on any atom is 0.340 e.